The van der Waals surface area contributed by atoms with Crippen molar-refractivity contribution in [3.63, 3.8) is 0 Å². The Balaban J connectivity index is 1.49. The van der Waals surface area contributed by atoms with Crippen LogP contribution in [0.3, 0.4) is 0 Å². The lowest BCUT2D eigenvalue weighted by molar-refractivity contribution is 0.0980. The average Bonchev–Trinajstić information content (AvgIpc) is 3.41. The molecule has 216 valence electrons. The molecular formula is C28H30N4O8S. The van der Waals surface area contributed by atoms with Gasteiger partial charge in [-0.1, -0.05) is 26.0 Å². The van der Waals surface area contributed by atoms with Crippen LogP contribution in [0.25, 0.3) is 0 Å². The van der Waals surface area contributed by atoms with Gasteiger partial charge in [-0.05, 0) is 48.2 Å². The molecule has 0 unspecified atom stereocenters. The lowest BCUT2D eigenvalue weighted by Gasteiger charge is -2.30. The minimum absolute atomic E-state index is 0.00474. The van der Waals surface area contributed by atoms with E-state index >= 15 is 0 Å². The summed E-state index contributed by atoms with van der Waals surface area (Å²) >= 11 is 0. The minimum atomic E-state index is -4.07. The van der Waals surface area contributed by atoms with Gasteiger partial charge in [0.1, 0.15) is 11.8 Å². The molecule has 2 atom stereocenters. The highest BCUT2D eigenvalue weighted by atomic mass is 32.2. The predicted molar refractivity (Wildman–Crippen MR) is 146 cm³/mol. The summed E-state index contributed by atoms with van der Waals surface area (Å²) in [6.45, 7) is 3.45. The van der Waals surface area contributed by atoms with E-state index in [0.29, 0.717) is 34.3 Å². The highest BCUT2D eigenvalue weighted by Crippen LogP contribution is 2.35. The Bertz CT molecular complexity index is 1510. The normalized spacial score (nSPS) is 14.0. The van der Waals surface area contributed by atoms with Crippen molar-refractivity contribution in [2.45, 2.75) is 37.3 Å². The largest absolute Gasteiger partial charge is 0.465 e. The smallest absolute Gasteiger partial charge is 0.404 e. The molecule has 1 aliphatic rings. The van der Waals surface area contributed by atoms with Crippen LogP contribution in [0.15, 0.2) is 65.7 Å². The van der Waals surface area contributed by atoms with Crippen LogP contribution in [0, 0.1) is 17.2 Å². The van der Waals surface area contributed by atoms with E-state index in [2.05, 4.69) is 10.3 Å². The number of amides is 1. The van der Waals surface area contributed by atoms with Gasteiger partial charge in [-0.2, -0.15) is 9.57 Å². The standard InChI is InChI=1S/C28H30N4O8S/c1-18(2)15-32(41(36,37)22-8-9-25-26(12-22)39-17-38-25)16-24(33)23(31-28(34)35)11-19-3-6-21(7-4-19)40-27-10-5-20(13-29)14-30-27/h3-10,12,14,18,23-24,31,33H,11,15-17H2,1-2H3,(H,34,35)/t23-,24+/m0/s1. The fourth-order valence-electron chi connectivity index (χ4n) is 4.22. The van der Waals surface area contributed by atoms with Gasteiger partial charge in [0.25, 0.3) is 0 Å². The fourth-order valence-corrected chi connectivity index (χ4v) is 5.85. The highest BCUT2D eigenvalue weighted by molar-refractivity contribution is 7.89. The van der Waals surface area contributed by atoms with Gasteiger partial charge in [-0.3, -0.25) is 0 Å². The van der Waals surface area contributed by atoms with Gasteiger partial charge < -0.3 is 29.7 Å². The molecular weight excluding hydrogens is 552 g/mol. The molecule has 41 heavy (non-hydrogen) atoms. The first-order valence-corrected chi connectivity index (χ1v) is 14.2. The van der Waals surface area contributed by atoms with E-state index in [-0.39, 0.29) is 37.1 Å². The van der Waals surface area contributed by atoms with Crippen molar-refractivity contribution in [1.82, 2.24) is 14.6 Å². The van der Waals surface area contributed by atoms with Crippen LogP contribution in [0.1, 0.15) is 25.0 Å². The molecule has 1 amide bonds. The summed E-state index contributed by atoms with van der Waals surface area (Å²) in [4.78, 5) is 15.6. The SMILES string of the molecule is CC(C)CN(C[C@@H](O)[C@H](Cc1ccc(Oc2ccc(C#N)cn2)cc1)NC(=O)O)S(=O)(=O)c1ccc2c(c1)OCO2. The number of nitriles is 1. The quantitative estimate of drug-likeness (QED) is 0.288. The van der Waals surface area contributed by atoms with Crippen LogP contribution in [0.2, 0.25) is 0 Å². The number of sulfonamides is 1. The summed E-state index contributed by atoms with van der Waals surface area (Å²) in [5.41, 5.74) is 1.08. The van der Waals surface area contributed by atoms with Crippen LogP contribution in [0.5, 0.6) is 23.1 Å². The van der Waals surface area contributed by atoms with Gasteiger partial charge in [0.05, 0.1) is 22.6 Å². The van der Waals surface area contributed by atoms with Crippen LogP contribution in [0.4, 0.5) is 4.79 Å². The number of nitrogens with one attached hydrogen (secondary N) is 1. The lowest BCUT2D eigenvalue weighted by atomic mass is 10.0. The summed E-state index contributed by atoms with van der Waals surface area (Å²) in [5.74, 6) is 1.44. The molecule has 0 saturated heterocycles. The predicted octanol–water partition coefficient (Wildman–Crippen LogP) is 3.36. The third kappa shape index (κ3) is 7.63. The average molecular weight is 583 g/mol. The molecule has 0 radical (unpaired) electrons. The molecule has 0 aliphatic carbocycles. The number of ether oxygens (including phenoxy) is 3. The molecule has 13 heteroatoms. The molecule has 3 N–H and O–H groups in total. The van der Waals surface area contributed by atoms with Crippen molar-refractivity contribution in [3.8, 4) is 29.2 Å². The molecule has 2 aromatic carbocycles. The van der Waals surface area contributed by atoms with Gasteiger partial charge in [-0.15, -0.1) is 0 Å². The number of aliphatic hydroxyl groups excluding tert-OH is 1. The van der Waals surface area contributed by atoms with Crippen LogP contribution < -0.4 is 19.5 Å². The first kappa shape index (κ1) is 29.6. The fraction of sp³-hybridized carbons (Fsp3) is 0.321. The van der Waals surface area contributed by atoms with Gasteiger partial charge in [-0.25, -0.2) is 18.2 Å². The number of aliphatic hydroxyl groups is 1. The molecule has 3 aromatic rings. The van der Waals surface area contributed by atoms with Crippen LogP contribution in [-0.2, 0) is 16.4 Å². The lowest BCUT2D eigenvalue weighted by Crippen LogP contribution is -2.50. The van der Waals surface area contributed by atoms with Gasteiger partial charge in [0.2, 0.25) is 22.7 Å². The number of benzene rings is 2. The number of carbonyl (C=O) groups is 1. The third-order valence-corrected chi connectivity index (χ3v) is 8.01. The van der Waals surface area contributed by atoms with E-state index in [9.17, 15) is 23.4 Å². The summed E-state index contributed by atoms with van der Waals surface area (Å²) in [6, 6.07) is 15.1. The molecule has 2 heterocycles. The second kappa shape index (κ2) is 12.9. The molecule has 0 bridgehead atoms. The minimum Gasteiger partial charge on any atom is -0.465 e. The number of fused-ring (bicyclic) bond motifs is 1. The van der Waals surface area contributed by atoms with E-state index in [1.807, 2.05) is 19.9 Å². The maximum absolute atomic E-state index is 13.6. The Labute approximate surface area is 237 Å². The second-order valence-corrected chi connectivity index (χ2v) is 11.7. The Kier molecular flexibility index (Phi) is 9.28. The maximum Gasteiger partial charge on any atom is 0.404 e. The molecule has 0 fully saturated rings. The molecule has 1 aliphatic heterocycles. The number of rotatable bonds is 12. The second-order valence-electron chi connectivity index (χ2n) is 9.80. The zero-order valence-corrected chi connectivity index (χ0v) is 23.2. The molecule has 4 rings (SSSR count). The number of carboxylic acid groups (broad SMARTS) is 1. The first-order valence-electron chi connectivity index (χ1n) is 12.8. The molecule has 1 aromatic heterocycles. The Morgan fingerprint density at radius 2 is 1.85 bits per heavy atom. The molecule has 12 nitrogen and oxygen atoms in total. The summed E-state index contributed by atoms with van der Waals surface area (Å²) in [5, 5.41) is 31.8. The third-order valence-electron chi connectivity index (χ3n) is 6.18. The van der Waals surface area contributed by atoms with E-state index in [1.165, 1.54) is 24.4 Å². The van der Waals surface area contributed by atoms with Gasteiger partial charge in [0.15, 0.2) is 11.5 Å². The number of aromatic nitrogens is 1. The number of pyridine rings is 1. The maximum atomic E-state index is 13.6. The van der Waals surface area contributed by atoms with E-state index in [4.69, 9.17) is 19.5 Å². The summed E-state index contributed by atoms with van der Waals surface area (Å²) < 4.78 is 44.6. The van der Waals surface area contributed by atoms with Crippen molar-refractivity contribution in [2.24, 2.45) is 5.92 Å². The number of nitrogens with zero attached hydrogens (tertiary/aromatic N) is 3. The van der Waals surface area contributed by atoms with Crippen LogP contribution >= 0.6 is 0 Å². The summed E-state index contributed by atoms with van der Waals surface area (Å²) in [7, 11) is -4.07. The van der Waals surface area contributed by atoms with Crippen molar-refractivity contribution in [2.75, 3.05) is 19.9 Å². The van der Waals surface area contributed by atoms with Crippen molar-refractivity contribution in [1.29, 1.82) is 5.26 Å². The summed E-state index contributed by atoms with van der Waals surface area (Å²) in [6.07, 6.45) is -1.24. The van der Waals surface area contributed by atoms with Gasteiger partial charge in [0, 0.05) is 31.4 Å². The Morgan fingerprint density at radius 3 is 2.49 bits per heavy atom. The monoisotopic (exact) mass is 582 g/mol. The Morgan fingerprint density at radius 1 is 1.12 bits per heavy atom. The molecule has 0 spiro atoms. The van der Waals surface area contributed by atoms with E-state index in [1.54, 1.807) is 36.4 Å². The zero-order valence-electron chi connectivity index (χ0n) is 22.4. The van der Waals surface area contributed by atoms with E-state index in [0.717, 1.165) is 4.31 Å². The Hall–Kier alpha value is -4.38. The van der Waals surface area contributed by atoms with Crippen molar-refractivity contribution in [3.05, 3.63) is 71.9 Å². The number of hydrogen-bond donors (Lipinski definition) is 3. The highest BCUT2D eigenvalue weighted by Gasteiger charge is 2.32. The molecule has 0 saturated carbocycles. The first-order chi connectivity index (χ1) is 19.5. The zero-order chi connectivity index (χ0) is 29.6. The van der Waals surface area contributed by atoms with Crippen molar-refractivity contribution < 1.29 is 37.6 Å². The van der Waals surface area contributed by atoms with E-state index < -0.39 is 28.3 Å². The van der Waals surface area contributed by atoms with Crippen molar-refractivity contribution >= 4 is 16.1 Å². The van der Waals surface area contributed by atoms with Gasteiger partial charge >= 0.3 is 6.09 Å². The van der Waals surface area contributed by atoms with Crippen LogP contribution in [-0.4, -0.2) is 66.0 Å². The number of hydrogen-bond acceptors (Lipinski definition) is 9. The topological polar surface area (TPSA) is 171 Å².